The summed E-state index contributed by atoms with van der Waals surface area (Å²) in [5.41, 5.74) is 6.56. The Bertz CT molecular complexity index is 465. The minimum Gasteiger partial charge on any atom is -0.323 e. The van der Waals surface area contributed by atoms with Crippen molar-refractivity contribution in [3.63, 3.8) is 0 Å². The molecule has 1 atom stereocenters. The maximum atomic E-state index is 11.6. The van der Waals surface area contributed by atoms with Crippen LogP contribution in [-0.4, -0.2) is 18.7 Å². The second-order valence-corrected chi connectivity index (χ2v) is 6.76. The van der Waals surface area contributed by atoms with Gasteiger partial charge in [-0.15, -0.1) is 11.3 Å². The van der Waals surface area contributed by atoms with Gasteiger partial charge < -0.3 is 5.73 Å². The molecule has 1 heterocycles. The van der Waals surface area contributed by atoms with E-state index in [9.17, 15) is 8.42 Å². The number of hydrogen-bond acceptors (Lipinski definition) is 5. The number of nitrogens with zero attached hydrogens (tertiary/aromatic N) is 1. The number of nitrogens with two attached hydrogens (primary N) is 1. The first-order valence-electron chi connectivity index (χ1n) is 5.25. The highest BCUT2D eigenvalue weighted by molar-refractivity contribution is 7.93. The molecule has 1 fully saturated rings. The van der Waals surface area contributed by atoms with Gasteiger partial charge in [-0.25, -0.2) is 13.4 Å². The van der Waals surface area contributed by atoms with Gasteiger partial charge in [0.15, 0.2) is 5.13 Å². The number of aromatic nitrogens is 1. The average Bonchev–Trinajstić information content (AvgIpc) is 3.00. The van der Waals surface area contributed by atoms with E-state index in [0.29, 0.717) is 5.13 Å². The standard InChI is InChI=1S/C9H15N3O2S2/c1-2-7(10)8-5-15-9(11-8)12-16(13,14)6-3-4-6/h5-7H,2-4,10H2,1H3,(H,11,12). The molecule has 0 spiro atoms. The molecular weight excluding hydrogens is 246 g/mol. The topological polar surface area (TPSA) is 85.1 Å². The van der Waals surface area contributed by atoms with Gasteiger partial charge in [-0.05, 0) is 19.3 Å². The maximum Gasteiger partial charge on any atom is 0.237 e. The first-order valence-corrected chi connectivity index (χ1v) is 7.68. The van der Waals surface area contributed by atoms with Crippen molar-refractivity contribution in [1.82, 2.24) is 4.98 Å². The van der Waals surface area contributed by atoms with E-state index in [-0.39, 0.29) is 11.3 Å². The summed E-state index contributed by atoms with van der Waals surface area (Å²) in [6, 6.07) is -0.115. The lowest BCUT2D eigenvalue weighted by molar-refractivity contribution is 0.600. The quantitative estimate of drug-likeness (QED) is 0.840. The highest BCUT2D eigenvalue weighted by Crippen LogP contribution is 2.31. The van der Waals surface area contributed by atoms with Gasteiger partial charge in [-0.3, -0.25) is 4.72 Å². The van der Waals surface area contributed by atoms with Gasteiger partial charge in [-0.1, -0.05) is 6.92 Å². The van der Waals surface area contributed by atoms with E-state index >= 15 is 0 Å². The summed E-state index contributed by atoms with van der Waals surface area (Å²) in [5.74, 6) is 0. The average molecular weight is 261 g/mol. The SMILES string of the molecule is CCC(N)c1csc(NS(=O)(=O)C2CC2)n1. The van der Waals surface area contributed by atoms with Crippen LogP contribution >= 0.6 is 11.3 Å². The second-order valence-electron chi connectivity index (χ2n) is 3.94. The summed E-state index contributed by atoms with van der Waals surface area (Å²) in [7, 11) is -3.20. The van der Waals surface area contributed by atoms with Crippen molar-refractivity contribution in [3.8, 4) is 0 Å². The van der Waals surface area contributed by atoms with Crippen LogP contribution in [0.1, 0.15) is 37.9 Å². The molecule has 1 saturated carbocycles. The normalized spacial score (nSPS) is 18.4. The fourth-order valence-electron chi connectivity index (χ4n) is 1.30. The molecule has 3 N–H and O–H groups in total. The van der Waals surface area contributed by atoms with Gasteiger partial charge in [0.25, 0.3) is 0 Å². The van der Waals surface area contributed by atoms with Crippen molar-refractivity contribution in [2.75, 3.05) is 4.72 Å². The Morgan fingerprint density at radius 2 is 2.38 bits per heavy atom. The first kappa shape index (κ1) is 11.8. The molecule has 90 valence electrons. The van der Waals surface area contributed by atoms with Gasteiger partial charge in [0, 0.05) is 11.4 Å². The Hall–Kier alpha value is -0.660. The number of hydrogen-bond donors (Lipinski definition) is 2. The van der Waals surface area contributed by atoms with Crippen LogP contribution in [0.5, 0.6) is 0 Å². The molecule has 0 saturated heterocycles. The second kappa shape index (κ2) is 4.31. The van der Waals surface area contributed by atoms with Gasteiger partial charge in [0.1, 0.15) is 0 Å². The Morgan fingerprint density at radius 1 is 1.69 bits per heavy atom. The van der Waals surface area contributed by atoms with Gasteiger partial charge >= 0.3 is 0 Å². The van der Waals surface area contributed by atoms with E-state index in [1.165, 1.54) is 11.3 Å². The number of nitrogens with one attached hydrogen (secondary N) is 1. The molecular formula is C9H15N3O2S2. The molecule has 1 aliphatic carbocycles. The molecule has 1 aromatic heterocycles. The summed E-state index contributed by atoms with van der Waals surface area (Å²) < 4.78 is 25.8. The van der Waals surface area contributed by atoms with Crippen molar-refractivity contribution < 1.29 is 8.42 Å². The summed E-state index contributed by atoms with van der Waals surface area (Å²) in [5, 5.41) is 2.00. The first-order chi connectivity index (χ1) is 7.53. The predicted molar refractivity (Wildman–Crippen MR) is 64.9 cm³/mol. The van der Waals surface area contributed by atoms with E-state index in [1.807, 2.05) is 6.92 Å². The molecule has 1 unspecified atom stereocenters. The molecule has 0 amide bonds. The van der Waals surface area contributed by atoms with Crippen molar-refractivity contribution in [2.24, 2.45) is 5.73 Å². The molecule has 5 nitrogen and oxygen atoms in total. The van der Waals surface area contributed by atoms with E-state index in [0.717, 1.165) is 25.0 Å². The molecule has 0 radical (unpaired) electrons. The summed E-state index contributed by atoms with van der Waals surface area (Å²) in [4.78, 5) is 4.18. The largest absolute Gasteiger partial charge is 0.323 e. The zero-order chi connectivity index (χ0) is 11.8. The highest BCUT2D eigenvalue weighted by Gasteiger charge is 2.36. The number of thiazole rings is 1. The molecule has 16 heavy (non-hydrogen) atoms. The fraction of sp³-hybridized carbons (Fsp3) is 0.667. The molecule has 2 rings (SSSR count). The number of anilines is 1. The molecule has 1 aromatic rings. The van der Waals surface area contributed by atoms with Crippen LogP contribution in [0.15, 0.2) is 5.38 Å². The van der Waals surface area contributed by atoms with E-state index in [1.54, 1.807) is 5.38 Å². The molecule has 0 aromatic carbocycles. The van der Waals surface area contributed by atoms with Crippen LogP contribution in [0.25, 0.3) is 0 Å². The van der Waals surface area contributed by atoms with Crippen LogP contribution in [-0.2, 0) is 10.0 Å². The Labute approximate surface area is 99.1 Å². The Morgan fingerprint density at radius 3 is 2.94 bits per heavy atom. The lowest BCUT2D eigenvalue weighted by Crippen LogP contribution is -2.17. The fourth-order valence-corrected chi connectivity index (χ4v) is 3.67. The van der Waals surface area contributed by atoms with Gasteiger partial charge in [-0.2, -0.15) is 0 Å². The third-order valence-corrected chi connectivity index (χ3v) is 5.27. The van der Waals surface area contributed by atoms with E-state index < -0.39 is 10.0 Å². The third kappa shape index (κ3) is 2.53. The molecule has 1 aliphatic rings. The Balaban J connectivity index is 2.08. The van der Waals surface area contributed by atoms with Crippen LogP contribution in [0.3, 0.4) is 0 Å². The van der Waals surface area contributed by atoms with E-state index in [4.69, 9.17) is 5.73 Å². The van der Waals surface area contributed by atoms with Gasteiger partial charge in [0.2, 0.25) is 10.0 Å². The minimum absolute atomic E-state index is 0.115. The van der Waals surface area contributed by atoms with E-state index in [2.05, 4.69) is 9.71 Å². The molecule has 0 aliphatic heterocycles. The number of rotatable bonds is 5. The zero-order valence-electron chi connectivity index (χ0n) is 9.01. The highest BCUT2D eigenvalue weighted by atomic mass is 32.2. The monoisotopic (exact) mass is 261 g/mol. The van der Waals surface area contributed by atoms with Crippen molar-refractivity contribution in [2.45, 2.75) is 37.5 Å². The lowest BCUT2D eigenvalue weighted by Gasteiger charge is -2.04. The maximum absolute atomic E-state index is 11.6. The number of sulfonamides is 1. The predicted octanol–water partition coefficient (Wildman–Crippen LogP) is 1.46. The summed E-state index contributed by atoms with van der Waals surface area (Å²) in [6.45, 7) is 1.97. The zero-order valence-corrected chi connectivity index (χ0v) is 10.6. The van der Waals surface area contributed by atoms with Crippen LogP contribution < -0.4 is 10.5 Å². The van der Waals surface area contributed by atoms with Crippen LogP contribution in [0.4, 0.5) is 5.13 Å². The lowest BCUT2D eigenvalue weighted by atomic mass is 10.2. The van der Waals surface area contributed by atoms with Crippen LogP contribution in [0, 0.1) is 0 Å². The van der Waals surface area contributed by atoms with Gasteiger partial charge in [0.05, 0.1) is 10.9 Å². The van der Waals surface area contributed by atoms with Crippen molar-refractivity contribution in [3.05, 3.63) is 11.1 Å². The molecule has 7 heteroatoms. The minimum atomic E-state index is -3.20. The smallest absolute Gasteiger partial charge is 0.237 e. The summed E-state index contributed by atoms with van der Waals surface area (Å²) >= 11 is 1.28. The van der Waals surface area contributed by atoms with Crippen molar-refractivity contribution >= 4 is 26.5 Å². The Kier molecular flexibility index (Phi) is 3.18. The molecule has 0 bridgehead atoms. The third-order valence-electron chi connectivity index (χ3n) is 2.53. The summed E-state index contributed by atoms with van der Waals surface area (Å²) in [6.07, 6.45) is 2.29. The van der Waals surface area contributed by atoms with Crippen LogP contribution in [0.2, 0.25) is 0 Å². The van der Waals surface area contributed by atoms with Crippen molar-refractivity contribution in [1.29, 1.82) is 0 Å².